The Balaban J connectivity index is 0.000000614. The number of ether oxygens (including phenoxy) is 2. The molecule has 0 amide bonds. The minimum Gasteiger partial charge on any atom is -0.490 e. The maximum atomic E-state index is 12.2. The maximum Gasteiger partial charge on any atom is 0.394 e. The molecule has 8 nitrogen and oxygen atoms in total. The molecule has 0 radical (unpaired) electrons. The molecule has 31 heavy (non-hydrogen) atoms. The van der Waals surface area contributed by atoms with Crippen molar-refractivity contribution in [2.75, 3.05) is 19.7 Å². The van der Waals surface area contributed by atoms with Gasteiger partial charge in [0.1, 0.15) is 5.75 Å². The van der Waals surface area contributed by atoms with E-state index in [-0.39, 0.29) is 5.97 Å². The highest BCUT2D eigenvalue weighted by Crippen LogP contribution is 2.23. The zero-order valence-electron chi connectivity index (χ0n) is 18.2. The molecule has 9 heteroatoms. The molecule has 1 aliphatic heterocycles. The molecule has 0 aromatic heterocycles. The van der Waals surface area contributed by atoms with Gasteiger partial charge >= 0.3 is 16.4 Å². The average Bonchev–Trinajstić information content (AvgIpc) is 2.72. The van der Waals surface area contributed by atoms with Gasteiger partial charge in [-0.1, -0.05) is 12.8 Å². The Morgan fingerprint density at radius 1 is 1.03 bits per heavy atom. The summed E-state index contributed by atoms with van der Waals surface area (Å²) in [6.07, 6.45) is 11.3. The van der Waals surface area contributed by atoms with Gasteiger partial charge in [-0.2, -0.15) is 8.42 Å². The van der Waals surface area contributed by atoms with Crippen LogP contribution in [-0.2, 0) is 15.1 Å². The van der Waals surface area contributed by atoms with Crippen molar-refractivity contribution in [1.82, 2.24) is 4.90 Å². The summed E-state index contributed by atoms with van der Waals surface area (Å²) >= 11 is 0. The lowest BCUT2D eigenvalue weighted by Crippen LogP contribution is -2.38. The van der Waals surface area contributed by atoms with Crippen molar-refractivity contribution >= 4 is 16.4 Å². The van der Waals surface area contributed by atoms with Gasteiger partial charge in [-0.15, -0.1) is 0 Å². The van der Waals surface area contributed by atoms with Crippen molar-refractivity contribution in [2.24, 2.45) is 0 Å². The summed E-state index contributed by atoms with van der Waals surface area (Å²) in [5.41, 5.74) is 0.604. The second-order valence-electron chi connectivity index (χ2n) is 8.22. The fraction of sp³-hybridized carbons (Fsp3) is 0.682. The first-order valence-electron chi connectivity index (χ1n) is 11.1. The second kappa shape index (κ2) is 13.0. The van der Waals surface area contributed by atoms with Crippen LogP contribution in [0.2, 0.25) is 0 Å². The molecule has 1 saturated heterocycles. The minimum atomic E-state index is -4.67. The third kappa shape index (κ3) is 11.0. The van der Waals surface area contributed by atoms with Gasteiger partial charge in [0.15, 0.2) is 0 Å². The minimum absolute atomic E-state index is 0.235. The van der Waals surface area contributed by atoms with E-state index in [0.717, 1.165) is 31.6 Å². The van der Waals surface area contributed by atoms with Crippen molar-refractivity contribution in [2.45, 2.75) is 76.9 Å². The van der Waals surface area contributed by atoms with Crippen molar-refractivity contribution < 1.29 is 31.8 Å². The summed E-state index contributed by atoms with van der Waals surface area (Å²) in [7, 11) is -4.67. The molecule has 1 saturated carbocycles. The zero-order valence-corrected chi connectivity index (χ0v) is 19.1. The van der Waals surface area contributed by atoms with Crippen LogP contribution < -0.4 is 4.74 Å². The second-order valence-corrected chi connectivity index (χ2v) is 9.12. The summed E-state index contributed by atoms with van der Waals surface area (Å²) in [6.45, 7) is 4.98. The van der Waals surface area contributed by atoms with Crippen LogP contribution in [-0.4, -0.2) is 60.2 Å². The van der Waals surface area contributed by atoms with Gasteiger partial charge in [-0.25, -0.2) is 4.79 Å². The van der Waals surface area contributed by atoms with Crippen LogP contribution in [0, 0.1) is 0 Å². The number of rotatable bonds is 7. The maximum absolute atomic E-state index is 12.2. The van der Waals surface area contributed by atoms with Crippen LogP contribution in [0.15, 0.2) is 24.3 Å². The highest BCUT2D eigenvalue weighted by atomic mass is 32.3. The van der Waals surface area contributed by atoms with E-state index >= 15 is 0 Å². The SMILES string of the molecule is CC1CCCCN1CCCOC(=O)c1ccc(OC2CCCCC2)cc1.O=S(=O)(O)O. The van der Waals surface area contributed by atoms with E-state index in [1.165, 1.54) is 45.1 Å². The van der Waals surface area contributed by atoms with Crippen LogP contribution >= 0.6 is 0 Å². The number of nitrogens with zero attached hydrogens (tertiary/aromatic N) is 1. The Hall–Kier alpha value is -1.68. The van der Waals surface area contributed by atoms with Crippen molar-refractivity contribution in [3.05, 3.63) is 29.8 Å². The molecule has 2 aliphatic rings. The summed E-state index contributed by atoms with van der Waals surface area (Å²) < 4.78 is 43.0. The predicted molar refractivity (Wildman–Crippen MR) is 118 cm³/mol. The molecule has 0 spiro atoms. The first kappa shape index (κ1) is 25.6. The number of benzene rings is 1. The van der Waals surface area contributed by atoms with Gasteiger partial charge in [0.05, 0.1) is 18.3 Å². The van der Waals surface area contributed by atoms with Gasteiger partial charge in [-0.05, 0) is 82.7 Å². The number of esters is 1. The van der Waals surface area contributed by atoms with E-state index in [1.807, 2.05) is 24.3 Å². The third-order valence-corrected chi connectivity index (χ3v) is 5.71. The van der Waals surface area contributed by atoms with E-state index in [1.54, 1.807) is 0 Å². The van der Waals surface area contributed by atoms with E-state index < -0.39 is 10.4 Å². The Kier molecular flexibility index (Phi) is 10.7. The van der Waals surface area contributed by atoms with Crippen molar-refractivity contribution in [1.29, 1.82) is 0 Å². The summed E-state index contributed by atoms with van der Waals surface area (Å²) in [5, 5.41) is 0. The van der Waals surface area contributed by atoms with Crippen molar-refractivity contribution in [3.63, 3.8) is 0 Å². The standard InChI is InChI=1S/C22H33NO3.H2O4S/c1-18-8-5-6-15-23(18)16-7-17-25-22(24)19-11-13-21(14-12-19)26-20-9-3-2-4-10-20;1-5(2,3)4/h11-14,18,20H,2-10,15-17H2,1H3;(H2,1,2,3,4). The van der Waals surface area contributed by atoms with Crippen LogP contribution in [0.5, 0.6) is 5.75 Å². The number of piperidine rings is 1. The lowest BCUT2D eigenvalue weighted by Gasteiger charge is -2.33. The van der Waals surface area contributed by atoms with E-state index in [0.29, 0.717) is 24.3 Å². The normalized spacial score (nSPS) is 20.4. The van der Waals surface area contributed by atoms with Crippen LogP contribution in [0.1, 0.15) is 75.1 Å². The molecular weight excluding hydrogens is 422 g/mol. The third-order valence-electron chi connectivity index (χ3n) is 5.71. The number of carbonyl (C=O) groups excluding carboxylic acids is 1. The number of hydrogen-bond donors (Lipinski definition) is 2. The predicted octanol–water partition coefficient (Wildman–Crippen LogP) is 4.17. The molecule has 1 heterocycles. The van der Waals surface area contributed by atoms with Crippen LogP contribution in [0.25, 0.3) is 0 Å². The lowest BCUT2D eigenvalue weighted by atomic mass is 9.98. The first-order chi connectivity index (χ1) is 14.7. The molecule has 1 aromatic rings. The van der Waals surface area contributed by atoms with Gasteiger partial charge < -0.3 is 14.4 Å². The monoisotopic (exact) mass is 457 g/mol. The largest absolute Gasteiger partial charge is 0.490 e. The highest BCUT2D eigenvalue weighted by molar-refractivity contribution is 7.79. The topological polar surface area (TPSA) is 113 Å². The molecule has 176 valence electrons. The molecule has 2 fully saturated rings. The smallest absolute Gasteiger partial charge is 0.394 e. The van der Waals surface area contributed by atoms with E-state index in [9.17, 15) is 4.79 Å². The van der Waals surface area contributed by atoms with Gasteiger partial charge in [0, 0.05) is 12.6 Å². The molecule has 2 N–H and O–H groups in total. The molecular formula is C22H35NO7S. The number of carbonyl (C=O) groups is 1. The Morgan fingerprint density at radius 3 is 2.26 bits per heavy atom. The van der Waals surface area contributed by atoms with Crippen molar-refractivity contribution in [3.8, 4) is 5.75 Å². The van der Waals surface area contributed by atoms with Gasteiger partial charge in [-0.3, -0.25) is 9.11 Å². The fourth-order valence-electron chi connectivity index (χ4n) is 4.05. The van der Waals surface area contributed by atoms with E-state index in [4.69, 9.17) is 27.0 Å². The van der Waals surface area contributed by atoms with Gasteiger partial charge in [0.2, 0.25) is 0 Å². The Bertz CT molecular complexity index is 753. The fourth-order valence-corrected chi connectivity index (χ4v) is 4.05. The summed E-state index contributed by atoms with van der Waals surface area (Å²) in [6, 6.07) is 8.07. The lowest BCUT2D eigenvalue weighted by molar-refractivity contribution is 0.0475. The highest BCUT2D eigenvalue weighted by Gasteiger charge is 2.18. The van der Waals surface area contributed by atoms with Crippen LogP contribution in [0.4, 0.5) is 0 Å². The molecule has 1 atom stereocenters. The molecule has 3 rings (SSSR count). The van der Waals surface area contributed by atoms with Crippen LogP contribution in [0.3, 0.4) is 0 Å². The summed E-state index contributed by atoms with van der Waals surface area (Å²) in [5.74, 6) is 0.619. The van der Waals surface area contributed by atoms with E-state index in [2.05, 4.69) is 11.8 Å². The molecule has 1 aromatic carbocycles. The van der Waals surface area contributed by atoms with Gasteiger partial charge in [0.25, 0.3) is 0 Å². The Labute approximate surface area is 185 Å². The molecule has 0 bridgehead atoms. The average molecular weight is 458 g/mol. The molecule has 1 aliphatic carbocycles. The quantitative estimate of drug-likeness (QED) is 0.356. The Morgan fingerprint density at radius 2 is 1.65 bits per heavy atom. The first-order valence-corrected chi connectivity index (χ1v) is 12.5. The zero-order chi connectivity index (χ0) is 22.7. The molecule has 1 unspecified atom stereocenters. The number of hydrogen-bond acceptors (Lipinski definition) is 6. The summed E-state index contributed by atoms with van der Waals surface area (Å²) in [4.78, 5) is 14.7. The number of likely N-dealkylation sites (tertiary alicyclic amines) is 1.